The summed E-state index contributed by atoms with van der Waals surface area (Å²) in [5.41, 5.74) is -0.900. The number of carbonyl (C=O) groups is 3. The summed E-state index contributed by atoms with van der Waals surface area (Å²) in [6.07, 6.45) is -1.29. The lowest BCUT2D eigenvalue weighted by molar-refractivity contribution is -0.385. The number of nitro benzene ring substituents is 1. The zero-order valence-corrected chi connectivity index (χ0v) is 13.7. The van der Waals surface area contributed by atoms with Crippen molar-refractivity contribution in [3.8, 4) is 11.5 Å². The van der Waals surface area contributed by atoms with E-state index in [2.05, 4.69) is 5.32 Å². The highest BCUT2D eigenvalue weighted by atomic mass is 16.6. The van der Waals surface area contributed by atoms with E-state index < -0.39 is 34.6 Å². The van der Waals surface area contributed by atoms with Crippen LogP contribution in [-0.4, -0.2) is 60.1 Å². The van der Waals surface area contributed by atoms with E-state index in [1.165, 1.54) is 6.92 Å². The van der Waals surface area contributed by atoms with E-state index in [0.717, 1.165) is 17.0 Å². The summed E-state index contributed by atoms with van der Waals surface area (Å²) in [5, 5.41) is 13.7. The first kappa shape index (κ1) is 17.5. The number of nitrogens with zero attached hydrogens (tertiary/aromatic N) is 2. The van der Waals surface area contributed by atoms with Crippen molar-refractivity contribution in [2.24, 2.45) is 0 Å². The highest BCUT2D eigenvalue weighted by molar-refractivity contribution is 6.00. The van der Waals surface area contributed by atoms with Crippen molar-refractivity contribution in [3.05, 3.63) is 27.8 Å². The Morgan fingerprint density at radius 1 is 1.31 bits per heavy atom. The molecule has 0 bridgehead atoms. The van der Waals surface area contributed by atoms with Crippen LogP contribution in [0.4, 0.5) is 10.5 Å². The molecule has 2 heterocycles. The van der Waals surface area contributed by atoms with Crippen LogP contribution in [0.2, 0.25) is 0 Å². The first-order chi connectivity index (χ1) is 12.4. The fraction of sp³-hybridized carbons (Fsp3) is 0.400. The van der Waals surface area contributed by atoms with Gasteiger partial charge in [-0.25, -0.2) is 9.59 Å². The molecule has 26 heavy (non-hydrogen) atoms. The number of ether oxygens (including phenoxy) is 3. The molecule has 0 aromatic heterocycles. The molecule has 2 aliphatic heterocycles. The van der Waals surface area contributed by atoms with Crippen LogP contribution in [0.5, 0.6) is 11.5 Å². The molecule has 1 aromatic rings. The fourth-order valence-corrected chi connectivity index (χ4v) is 2.57. The lowest BCUT2D eigenvalue weighted by atomic mass is 10.1. The van der Waals surface area contributed by atoms with Crippen LogP contribution in [0, 0.1) is 10.1 Å². The SMILES string of the molecule is CC(OC(=O)c1cc2c(cc1[N+](=O)[O-])OCCO2)C(=O)N1CCNC1=O. The first-order valence-electron chi connectivity index (χ1n) is 7.76. The maximum Gasteiger partial charge on any atom is 0.346 e. The second-order valence-corrected chi connectivity index (χ2v) is 5.54. The van der Waals surface area contributed by atoms with Crippen molar-refractivity contribution < 1.29 is 33.5 Å². The second-order valence-electron chi connectivity index (χ2n) is 5.54. The molecule has 1 aromatic carbocycles. The highest BCUT2D eigenvalue weighted by Gasteiger charge is 2.34. The van der Waals surface area contributed by atoms with Gasteiger partial charge in [-0.05, 0) is 6.92 Å². The molecule has 138 valence electrons. The lowest BCUT2D eigenvalue weighted by Crippen LogP contribution is -2.41. The molecule has 0 aliphatic carbocycles. The Bertz CT molecular complexity index is 793. The number of carbonyl (C=O) groups excluding carboxylic acids is 3. The van der Waals surface area contributed by atoms with E-state index in [4.69, 9.17) is 14.2 Å². The van der Waals surface area contributed by atoms with E-state index in [9.17, 15) is 24.5 Å². The van der Waals surface area contributed by atoms with Gasteiger partial charge in [0.2, 0.25) is 0 Å². The lowest BCUT2D eigenvalue weighted by Gasteiger charge is -2.20. The topological polar surface area (TPSA) is 137 Å². The Balaban J connectivity index is 1.81. The minimum atomic E-state index is -1.29. The molecule has 0 saturated carbocycles. The van der Waals surface area contributed by atoms with Crippen molar-refractivity contribution in [1.29, 1.82) is 0 Å². The number of hydrogen-bond donors (Lipinski definition) is 1. The summed E-state index contributed by atoms with van der Waals surface area (Å²) in [6, 6.07) is 1.64. The molecule has 0 spiro atoms. The molecule has 3 rings (SSSR count). The van der Waals surface area contributed by atoms with Gasteiger partial charge in [-0.2, -0.15) is 0 Å². The Morgan fingerprint density at radius 3 is 2.54 bits per heavy atom. The summed E-state index contributed by atoms with van der Waals surface area (Å²) in [4.78, 5) is 47.5. The quantitative estimate of drug-likeness (QED) is 0.461. The van der Waals surface area contributed by atoms with Crippen LogP contribution in [0.3, 0.4) is 0 Å². The molecule has 1 fully saturated rings. The molecule has 3 amide bonds. The number of rotatable bonds is 4. The maximum atomic E-state index is 12.4. The van der Waals surface area contributed by atoms with E-state index in [1.807, 2.05) is 0 Å². The summed E-state index contributed by atoms with van der Waals surface area (Å²) in [7, 11) is 0. The Kier molecular flexibility index (Phi) is 4.61. The molecular formula is C15H15N3O8. The number of fused-ring (bicyclic) bond motifs is 1. The van der Waals surface area contributed by atoms with Crippen LogP contribution in [-0.2, 0) is 9.53 Å². The molecule has 0 radical (unpaired) electrons. The smallest absolute Gasteiger partial charge is 0.346 e. The van der Waals surface area contributed by atoms with Crippen molar-refractivity contribution in [2.75, 3.05) is 26.3 Å². The molecule has 1 N–H and O–H groups in total. The number of nitrogens with one attached hydrogen (secondary N) is 1. The number of benzene rings is 1. The maximum absolute atomic E-state index is 12.4. The number of imide groups is 1. The van der Waals surface area contributed by atoms with Gasteiger partial charge in [0.1, 0.15) is 18.8 Å². The van der Waals surface area contributed by atoms with E-state index in [1.54, 1.807) is 0 Å². The average molecular weight is 365 g/mol. The normalized spacial score (nSPS) is 16.7. The van der Waals surface area contributed by atoms with Gasteiger partial charge < -0.3 is 19.5 Å². The molecule has 2 aliphatic rings. The van der Waals surface area contributed by atoms with Gasteiger partial charge in [0, 0.05) is 19.2 Å². The predicted octanol–water partition coefficient (Wildman–Crippen LogP) is 0.463. The first-order valence-corrected chi connectivity index (χ1v) is 7.76. The molecule has 1 atom stereocenters. The second kappa shape index (κ2) is 6.86. The van der Waals surface area contributed by atoms with Gasteiger partial charge in [0.05, 0.1) is 11.0 Å². The van der Waals surface area contributed by atoms with Gasteiger partial charge in [0.15, 0.2) is 17.6 Å². The third-order valence-corrected chi connectivity index (χ3v) is 3.83. The van der Waals surface area contributed by atoms with E-state index in [0.29, 0.717) is 6.54 Å². The molecular weight excluding hydrogens is 350 g/mol. The summed E-state index contributed by atoms with van der Waals surface area (Å²) >= 11 is 0. The number of esters is 1. The molecule has 11 heteroatoms. The van der Waals surface area contributed by atoms with Crippen molar-refractivity contribution in [2.45, 2.75) is 13.0 Å². The van der Waals surface area contributed by atoms with E-state index in [-0.39, 0.29) is 36.8 Å². The van der Waals surface area contributed by atoms with Gasteiger partial charge in [0.25, 0.3) is 11.6 Å². The van der Waals surface area contributed by atoms with Crippen LogP contribution >= 0.6 is 0 Å². The largest absolute Gasteiger partial charge is 0.486 e. The average Bonchev–Trinajstić information content (AvgIpc) is 3.05. The minimum Gasteiger partial charge on any atom is -0.486 e. The number of nitro groups is 1. The number of amides is 3. The third kappa shape index (κ3) is 3.23. The zero-order chi connectivity index (χ0) is 18.8. The number of hydrogen-bond acceptors (Lipinski definition) is 8. The highest BCUT2D eigenvalue weighted by Crippen LogP contribution is 2.37. The molecule has 1 unspecified atom stereocenters. The fourth-order valence-electron chi connectivity index (χ4n) is 2.57. The molecule has 1 saturated heterocycles. The minimum absolute atomic E-state index is 0.150. The van der Waals surface area contributed by atoms with Crippen LogP contribution < -0.4 is 14.8 Å². The zero-order valence-electron chi connectivity index (χ0n) is 13.7. The third-order valence-electron chi connectivity index (χ3n) is 3.83. The number of urea groups is 1. The van der Waals surface area contributed by atoms with Crippen molar-refractivity contribution >= 4 is 23.6 Å². The van der Waals surface area contributed by atoms with Crippen molar-refractivity contribution in [3.63, 3.8) is 0 Å². The Labute approximate surface area is 146 Å². The van der Waals surface area contributed by atoms with Crippen LogP contribution in [0.25, 0.3) is 0 Å². The summed E-state index contributed by atoms with van der Waals surface area (Å²) in [6.45, 7) is 2.22. The van der Waals surface area contributed by atoms with Gasteiger partial charge >= 0.3 is 12.0 Å². The Hall–Kier alpha value is -3.37. The van der Waals surface area contributed by atoms with Gasteiger partial charge in [-0.3, -0.25) is 19.8 Å². The Morgan fingerprint density at radius 2 is 1.96 bits per heavy atom. The van der Waals surface area contributed by atoms with Gasteiger partial charge in [-0.15, -0.1) is 0 Å². The summed E-state index contributed by atoms with van der Waals surface area (Å²) < 4.78 is 15.6. The standard InChI is InChI=1S/C15H15N3O8/c1-8(13(19)17-3-2-16-15(17)21)26-14(20)9-6-11-12(25-5-4-24-11)7-10(9)18(22)23/h6-8H,2-5H2,1H3,(H,16,21). The predicted molar refractivity (Wildman–Crippen MR) is 84.1 cm³/mol. The van der Waals surface area contributed by atoms with Crippen molar-refractivity contribution in [1.82, 2.24) is 10.2 Å². The molecule has 11 nitrogen and oxygen atoms in total. The summed E-state index contributed by atoms with van der Waals surface area (Å²) in [5.74, 6) is -1.47. The van der Waals surface area contributed by atoms with E-state index >= 15 is 0 Å². The van der Waals surface area contributed by atoms with Crippen LogP contribution in [0.1, 0.15) is 17.3 Å². The van der Waals surface area contributed by atoms with Crippen LogP contribution in [0.15, 0.2) is 12.1 Å². The monoisotopic (exact) mass is 365 g/mol. The van der Waals surface area contributed by atoms with Gasteiger partial charge in [-0.1, -0.05) is 0 Å².